The number of aromatic nitrogens is 2. The van der Waals surface area contributed by atoms with Crippen LogP contribution in [-0.4, -0.2) is 22.0 Å². The van der Waals surface area contributed by atoms with E-state index in [1.165, 1.54) is 18.2 Å². The molecular weight excluding hydrogens is 354 g/mol. The average Bonchev–Trinajstić information content (AvgIpc) is 2.91. The number of carbonyl (C=O) groups is 1. The molecule has 2 aromatic heterocycles. The number of rotatable bonds is 5. The van der Waals surface area contributed by atoms with Crippen LogP contribution < -0.4 is 4.74 Å². The van der Waals surface area contributed by atoms with Crippen molar-refractivity contribution < 1.29 is 23.0 Å². The van der Waals surface area contributed by atoms with Gasteiger partial charge in [-0.15, -0.1) is 0 Å². The summed E-state index contributed by atoms with van der Waals surface area (Å²) in [6, 6.07) is 5.38. The Labute approximate surface area is 155 Å². The average molecular weight is 374 g/mol. The first kappa shape index (κ1) is 18.8. The molecule has 1 aromatic carbocycles. The Morgan fingerprint density at radius 1 is 1.26 bits per heavy atom. The van der Waals surface area contributed by atoms with Gasteiger partial charge in [0.15, 0.2) is 17.1 Å². The predicted molar refractivity (Wildman–Crippen MR) is 96.0 cm³/mol. The Bertz CT molecular complexity index is 994. The fourth-order valence-electron chi connectivity index (χ4n) is 3.04. The first-order valence-corrected chi connectivity index (χ1v) is 8.60. The van der Waals surface area contributed by atoms with Crippen LogP contribution in [0.25, 0.3) is 5.65 Å². The summed E-state index contributed by atoms with van der Waals surface area (Å²) in [6.07, 6.45) is 0.850. The van der Waals surface area contributed by atoms with E-state index in [1.54, 1.807) is 37.4 Å². The van der Waals surface area contributed by atoms with Crippen LogP contribution in [0, 0.1) is 25.5 Å². The lowest BCUT2D eigenvalue weighted by atomic mass is 10.1. The minimum atomic E-state index is -0.889. The number of fused-ring (bicyclic) bond motifs is 1. The molecule has 0 bridgehead atoms. The number of nitrogens with zero attached hydrogens (tertiary/aromatic N) is 2. The molecule has 7 heteroatoms. The van der Waals surface area contributed by atoms with Crippen molar-refractivity contribution in [3.63, 3.8) is 0 Å². The third-order valence-corrected chi connectivity index (χ3v) is 4.18. The summed E-state index contributed by atoms with van der Waals surface area (Å²) < 4.78 is 40.6. The van der Waals surface area contributed by atoms with Gasteiger partial charge in [0.05, 0.1) is 17.9 Å². The molecule has 0 spiro atoms. The van der Waals surface area contributed by atoms with Gasteiger partial charge in [0.25, 0.3) is 0 Å². The fraction of sp³-hybridized carbons (Fsp3) is 0.300. The van der Waals surface area contributed by atoms with Crippen molar-refractivity contribution in [3.05, 3.63) is 64.6 Å². The number of esters is 1. The van der Waals surface area contributed by atoms with Crippen molar-refractivity contribution in [3.8, 4) is 5.75 Å². The highest BCUT2D eigenvalue weighted by Crippen LogP contribution is 2.30. The molecule has 3 aromatic rings. The second kappa shape index (κ2) is 7.34. The number of pyridine rings is 1. The molecule has 5 nitrogen and oxygen atoms in total. The van der Waals surface area contributed by atoms with Crippen molar-refractivity contribution in [1.82, 2.24) is 9.38 Å². The van der Waals surface area contributed by atoms with E-state index in [4.69, 9.17) is 9.47 Å². The van der Waals surface area contributed by atoms with Gasteiger partial charge in [0.1, 0.15) is 17.7 Å². The first-order valence-electron chi connectivity index (χ1n) is 8.60. The Morgan fingerprint density at radius 2 is 1.93 bits per heavy atom. The first-order chi connectivity index (χ1) is 12.8. The normalized spacial score (nSPS) is 12.2. The molecule has 0 aliphatic rings. The maximum absolute atomic E-state index is 14.1. The quantitative estimate of drug-likeness (QED) is 0.615. The van der Waals surface area contributed by atoms with Gasteiger partial charge < -0.3 is 9.47 Å². The van der Waals surface area contributed by atoms with Gasteiger partial charge >= 0.3 is 5.97 Å². The Balaban J connectivity index is 2.07. The molecule has 27 heavy (non-hydrogen) atoms. The smallest absolute Gasteiger partial charge is 0.357 e. The summed E-state index contributed by atoms with van der Waals surface area (Å²) in [4.78, 5) is 16.7. The summed E-state index contributed by atoms with van der Waals surface area (Å²) in [5.74, 6) is -1.54. The van der Waals surface area contributed by atoms with Gasteiger partial charge in [0, 0.05) is 6.20 Å². The van der Waals surface area contributed by atoms with Crippen LogP contribution >= 0.6 is 0 Å². The van der Waals surface area contributed by atoms with E-state index in [1.807, 2.05) is 6.92 Å². The standard InChI is InChI=1S/C20H20F2N2O3/c1-5-26-20(25)18-12(3)23-19-16(9-11(2)10-24(18)19)27-13(4)17-14(21)7-6-8-15(17)22/h6-10,13H,5H2,1-4H3. The van der Waals surface area contributed by atoms with Crippen LogP contribution in [0.2, 0.25) is 0 Å². The van der Waals surface area contributed by atoms with Crippen LogP contribution in [0.4, 0.5) is 8.78 Å². The van der Waals surface area contributed by atoms with Gasteiger partial charge in [-0.2, -0.15) is 0 Å². The number of imidazole rings is 1. The van der Waals surface area contributed by atoms with Crippen molar-refractivity contribution in [2.45, 2.75) is 33.8 Å². The Morgan fingerprint density at radius 3 is 2.56 bits per heavy atom. The van der Waals surface area contributed by atoms with Crippen LogP contribution in [0.1, 0.15) is 47.3 Å². The van der Waals surface area contributed by atoms with Crippen molar-refractivity contribution in [1.29, 1.82) is 0 Å². The lowest BCUT2D eigenvalue weighted by Gasteiger charge is -2.17. The zero-order valence-electron chi connectivity index (χ0n) is 15.5. The van der Waals surface area contributed by atoms with E-state index in [-0.39, 0.29) is 12.2 Å². The third kappa shape index (κ3) is 3.49. The molecule has 0 radical (unpaired) electrons. The second-order valence-electron chi connectivity index (χ2n) is 6.24. The molecule has 0 aliphatic carbocycles. The van der Waals surface area contributed by atoms with Gasteiger partial charge in [0.2, 0.25) is 0 Å². The summed E-state index contributed by atoms with van der Waals surface area (Å²) in [5, 5.41) is 0. The minimum absolute atomic E-state index is 0.161. The molecular formula is C20H20F2N2O3. The topological polar surface area (TPSA) is 52.8 Å². The number of aryl methyl sites for hydroxylation is 2. The van der Waals surface area contributed by atoms with Gasteiger partial charge in [-0.1, -0.05) is 6.07 Å². The molecule has 2 heterocycles. The molecule has 0 fully saturated rings. The SMILES string of the molecule is CCOC(=O)c1c(C)nc2c(OC(C)c3c(F)cccc3F)cc(C)cn12. The van der Waals surface area contributed by atoms with E-state index in [2.05, 4.69) is 4.98 Å². The highest BCUT2D eigenvalue weighted by Gasteiger charge is 2.23. The van der Waals surface area contributed by atoms with Crippen molar-refractivity contribution in [2.24, 2.45) is 0 Å². The monoisotopic (exact) mass is 374 g/mol. The summed E-state index contributed by atoms with van der Waals surface area (Å²) in [6.45, 7) is 7.04. The van der Waals surface area contributed by atoms with E-state index >= 15 is 0 Å². The maximum atomic E-state index is 14.1. The second-order valence-corrected chi connectivity index (χ2v) is 6.24. The molecule has 0 saturated heterocycles. The maximum Gasteiger partial charge on any atom is 0.357 e. The van der Waals surface area contributed by atoms with Gasteiger partial charge in [-0.05, 0) is 51.5 Å². The third-order valence-electron chi connectivity index (χ3n) is 4.18. The summed E-state index contributed by atoms with van der Waals surface area (Å²) in [7, 11) is 0. The molecule has 3 rings (SSSR count). The van der Waals surface area contributed by atoms with E-state index < -0.39 is 23.7 Å². The lowest BCUT2D eigenvalue weighted by Crippen LogP contribution is -2.11. The highest BCUT2D eigenvalue weighted by atomic mass is 19.1. The van der Waals surface area contributed by atoms with Crippen molar-refractivity contribution >= 4 is 11.6 Å². The number of ether oxygens (including phenoxy) is 2. The van der Waals surface area contributed by atoms with Crippen LogP contribution in [0.5, 0.6) is 5.75 Å². The number of hydrogen-bond acceptors (Lipinski definition) is 4. The zero-order valence-corrected chi connectivity index (χ0v) is 15.5. The van der Waals surface area contributed by atoms with Crippen LogP contribution in [0.15, 0.2) is 30.5 Å². The molecule has 142 valence electrons. The molecule has 0 aliphatic heterocycles. The van der Waals surface area contributed by atoms with E-state index in [0.717, 1.165) is 5.56 Å². The number of hydrogen-bond donors (Lipinski definition) is 0. The lowest BCUT2D eigenvalue weighted by molar-refractivity contribution is 0.0517. The molecule has 1 unspecified atom stereocenters. The van der Waals surface area contributed by atoms with E-state index in [0.29, 0.717) is 22.8 Å². The van der Waals surface area contributed by atoms with E-state index in [9.17, 15) is 13.6 Å². The molecule has 1 atom stereocenters. The molecule has 0 N–H and O–H groups in total. The number of halogens is 2. The molecule has 0 amide bonds. The zero-order chi connectivity index (χ0) is 19.7. The van der Waals surface area contributed by atoms with Gasteiger partial charge in [-0.25, -0.2) is 18.6 Å². The number of benzene rings is 1. The minimum Gasteiger partial charge on any atom is -0.482 e. The largest absolute Gasteiger partial charge is 0.482 e. The van der Waals surface area contributed by atoms with Crippen LogP contribution in [-0.2, 0) is 4.74 Å². The number of carbonyl (C=O) groups excluding carboxylic acids is 1. The summed E-state index contributed by atoms with van der Waals surface area (Å²) in [5.41, 5.74) is 1.79. The van der Waals surface area contributed by atoms with Crippen molar-refractivity contribution in [2.75, 3.05) is 6.61 Å². The Hall–Kier alpha value is -2.96. The van der Waals surface area contributed by atoms with Gasteiger partial charge in [-0.3, -0.25) is 4.40 Å². The predicted octanol–water partition coefficient (Wildman–Crippen LogP) is 4.55. The van der Waals surface area contributed by atoms with Crippen LogP contribution in [0.3, 0.4) is 0 Å². The highest BCUT2D eigenvalue weighted by molar-refractivity contribution is 5.90. The fourth-order valence-corrected chi connectivity index (χ4v) is 3.04. The molecule has 0 saturated carbocycles. The Kier molecular flexibility index (Phi) is 5.12. The summed E-state index contributed by atoms with van der Waals surface area (Å²) >= 11 is 0.